The van der Waals surface area contributed by atoms with Crippen molar-refractivity contribution in [2.24, 2.45) is 0 Å². The first-order chi connectivity index (χ1) is 12.4. The zero-order valence-electron chi connectivity index (χ0n) is 14.2. The van der Waals surface area contributed by atoms with Gasteiger partial charge < -0.3 is 25.0 Å². The molecule has 0 heterocycles. The van der Waals surface area contributed by atoms with Crippen molar-refractivity contribution in [1.82, 2.24) is 0 Å². The Balaban J connectivity index is 2.18. The van der Waals surface area contributed by atoms with Crippen LogP contribution in [0.1, 0.15) is 22.3 Å². The summed E-state index contributed by atoms with van der Waals surface area (Å²) < 4.78 is 9.71. The first-order valence-corrected chi connectivity index (χ1v) is 8.00. The average molecular weight is 380 g/mol. The Morgan fingerprint density at radius 3 is 2.54 bits per heavy atom. The lowest BCUT2D eigenvalue weighted by atomic mass is 10.0. The van der Waals surface area contributed by atoms with Gasteiger partial charge in [-0.25, -0.2) is 4.79 Å². The maximum absolute atomic E-state index is 12.2. The lowest BCUT2D eigenvalue weighted by Gasteiger charge is -2.13. The summed E-state index contributed by atoms with van der Waals surface area (Å²) in [7, 11) is 2.67. The van der Waals surface area contributed by atoms with Gasteiger partial charge in [0, 0.05) is 24.2 Å². The van der Waals surface area contributed by atoms with E-state index in [0.717, 1.165) is 13.2 Å². The third kappa shape index (κ3) is 4.37. The fourth-order valence-corrected chi connectivity index (χ4v) is 2.65. The number of halogens is 1. The zero-order chi connectivity index (χ0) is 19.3. The van der Waals surface area contributed by atoms with E-state index < -0.39 is 11.7 Å². The number of hydrogen-bond acceptors (Lipinski definition) is 6. The molecule has 2 aromatic carbocycles. The number of carbonyl (C=O) groups excluding carboxylic acids is 2. The minimum Gasteiger partial charge on any atom is -0.507 e. The minimum absolute atomic E-state index is 0.0149. The topological polar surface area (TPSA) is 105 Å². The summed E-state index contributed by atoms with van der Waals surface area (Å²) in [6.45, 7) is 0. The number of hydrogen-bond donors (Lipinski definition) is 3. The molecule has 0 atom stereocenters. The van der Waals surface area contributed by atoms with Crippen molar-refractivity contribution in [3.63, 3.8) is 0 Å². The van der Waals surface area contributed by atoms with E-state index in [1.54, 1.807) is 24.3 Å². The normalized spacial score (nSPS) is 10.3. The number of benzene rings is 2. The molecule has 0 radical (unpaired) electrons. The van der Waals surface area contributed by atoms with Crippen LogP contribution in [-0.4, -0.2) is 36.3 Å². The number of carbonyl (C=O) groups is 2. The van der Waals surface area contributed by atoms with Crippen molar-refractivity contribution < 1.29 is 29.3 Å². The molecule has 2 aromatic rings. The molecule has 0 aliphatic heterocycles. The fourth-order valence-electron chi connectivity index (χ4n) is 2.41. The van der Waals surface area contributed by atoms with E-state index in [-0.39, 0.29) is 40.6 Å². The number of phenolic OH excluding ortho intramolecular Hbond substituents is 2. The highest BCUT2D eigenvalue weighted by Gasteiger charge is 2.23. The standard InChI is InChI=1S/C18H18ClNO6/c1-25-11-5-3-4-10(8-11)20-15(23)7-6-12-16(18(24)26-2)13(21)9-14(22)17(12)19/h3-5,8-9,21-22H,6-7H2,1-2H3,(H,20,23). The molecule has 138 valence electrons. The van der Waals surface area contributed by atoms with Gasteiger partial charge in [-0.3, -0.25) is 4.79 Å². The van der Waals surface area contributed by atoms with Gasteiger partial charge in [-0.1, -0.05) is 17.7 Å². The van der Waals surface area contributed by atoms with Crippen LogP contribution >= 0.6 is 11.6 Å². The average Bonchev–Trinajstić information content (AvgIpc) is 2.62. The number of anilines is 1. The van der Waals surface area contributed by atoms with Crippen molar-refractivity contribution in [1.29, 1.82) is 0 Å². The minimum atomic E-state index is -0.812. The van der Waals surface area contributed by atoms with E-state index in [1.165, 1.54) is 7.11 Å². The number of ether oxygens (including phenoxy) is 2. The van der Waals surface area contributed by atoms with Crippen molar-refractivity contribution in [2.75, 3.05) is 19.5 Å². The summed E-state index contributed by atoms with van der Waals surface area (Å²) in [6.07, 6.45) is -0.0230. The van der Waals surface area contributed by atoms with Gasteiger partial charge in [-0.05, 0) is 24.1 Å². The number of esters is 1. The van der Waals surface area contributed by atoms with Crippen LogP contribution in [0.2, 0.25) is 5.02 Å². The van der Waals surface area contributed by atoms with Crippen molar-refractivity contribution in [3.05, 3.63) is 46.5 Å². The second kappa shape index (κ2) is 8.44. The smallest absolute Gasteiger partial charge is 0.341 e. The third-order valence-corrected chi connectivity index (χ3v) is 4.09. The number of amides is 1. The monoisotopic (exact) mass is 379 g/mol. The molecule has 0 spiro atoms. The van der Waals surface area contributed by atoms with Crippen LogP contribution in [-0.2, 0) is 16.0 Å². The Bertz CT molecular complexity index is 837. The summed E-state index contributed by atoms with van der Waals surface area (Å²) in [6, 6.07) is 7.79. The molecular weight excluding hydrogens is 362 g/mol. The van der Waals surface area contributed by atoms with Gasteiger partial charge >= 0.3 is 5.97 Å². The van der Waals surface area contributed by atoms with E-state index in [1.807, 2.05) is 0 Å². The molecule has 0 unspecified atom stereocenters. The second-order valence-corrected chi connectivity index (χ2v) is 5.73. The molecule has 0 saturated carbocycles. The van der Waals surface area contributed by atoms with E-state index in [2.05, 4.69) is 10.1 Å². The van der Waals surface area contributed by atoms with Gasteiger partial charge in [0.1, 0.15) is 22.8 Å². The summed E-state index contributed by atoms with van der Waals surface area (Å²) in [4.78, 5) is 24.1. The van der Waals surface area contributed by atoms with Crippen molar-refractivity contribution >= 4 is 29.2 Å². The maximum Gasteiger partial charge on any atom is 0.341 e. The molecule has 0 aromatic heterocycles. The van der Waals surface area contributed by atoms with Crippen LogP contribution in [0.4, 0.5) is 5.69 Å². The maximum atomic E-state index is 12.2. The number of rotatable bonds is 6. The Morgan fingerprint density at radius 1 is 1.15 bits per heavy atom. The fraction of sp³-hybridized carbons (Fsp3) is 0.222. The molecule has 8 heteroatoms. The molecule has 0 saturated heterocycles. The third-order valence-electron chi connectivity index (χ3n) is 3.67. The van der Waals surface area contributed by atoms with Crippen LogP contribution in [0.15, 0.2) is 30.3 Å². The van der Waals surface area contributed by atoms with Gasteiger partial charge in [0.05, 0.1) is 19.2 Å². The Hall–Kier alpha value is -2.93. The lowest BCUT2D eigenvalue weighted by Crippen LogP contribution is -2.14. The quantitative estimate of drug-likeness (QED) is 0.666. The van der Waals surface area contributed by atoms with E-state index in [0.29, 0.717) is 11.4 Å². The molecular formula is C18H18ClNO6. The van der Waals surface area contributed by atoms with Crippen LogP contribution < -0.4 is 10.1 Å². The van der Waals surface area contributed by atoms with Crippen LogP contribution in [0.3, 0.4) is 0 Å². The predicted molar refractivity (Wildman–Crippen MR) is 96.1 cm³/mol. The second-order valence-electron chi connectivity index (χ2n) is 5.35. The Kier molecular flexibility index (Phi) is 6.30. The molecule has 26 heavy (non-hydrogen) atoms. The zero-order valence-corrected chi connectivity index (χ0v) is 15.0. The number of methoxy groups -OCH3 is 2. The SMILES string of the molecule is COC(=O)c1c(O)cc(O)c(Cl)c1CCC(=O)Nc1cccc(OC)c1. The summed E-state index contributed by atoms with van der Waals surface area (Å²) in [5, 5.41) is 22.3. The highest BCUT2D eigenvalue weighted by Crippen LogP contribution is 2.37. The molecule has 7 nitrogen and oxygen atoms in total. The van der Waals surface area contributed by atoms with Gasteiger partial charge in [0.2, 0.25) is 5.91 Å². The van der Waals surface area contributed by atoms with Crippen LogP contribution in [0.25, 0.3) is 0 Å². The largest absolute Gasteiger partial charge is 0.507 e. The Morgan fingerprint density at radius 2 is 1.88 bits per heavy atom. The van der Waals surface area contributed by atoms with Crippen LogP contribution in [0.5, 0.6) is 17.2 Å². The van der Waals surface area contributed by atoms with Gasteiger partial charge in [0.25, 0.3) is 0 Å². The summed E-state index contributed by atoms with van der Waals surface area (Å²) in [5.41, 5.74) is 0.508. The first kappa shape index (κ1) is 19.4. The van der Waals surface area contributed by atoms with E-state index in [4.69, 9.17) is 16.3 Å². The first-order valence-electron chi connectivity index (χ1n) is 7.63. The van der Waals surface area contributed by atoms with Gasteiger partial charge in [-0.15, -0.1) is 0 Å². The van der Waals surface area contributed by atoms with Gasteiger partial charge in [-0.2, -0.15) is 0 Å². The summed E-state index contributed by atoms with van der Waals surface area (Å²) in [5.74, 6) is -1.42. The molecule has 0 aliphatic rings. The van der Waals surface area contributed by atoms with Gasteiger partial charge in [0.15, 0.2) is 0 Å². The highest BCUT2D eigenvalue weighted by molar-refractivity contribution is 6.33. The molecule has 2 rings (SSSR count). The predicted octanol–water partition coefficient (Wildman–Crippen LogP) is 3.12. The van der Waals surface area contributed by atoms with Crippen molar-refractivity contribution in [3.8, 4) is 17.2 Å². The van der Waals surface area contributed by atoms with E-state index >= 15 is 0 Å². The van der Waals surface area contributed by atoms with E-state index in [9.17, 15) is 19.8 Å². The Labute approximate surface area is 155 Å². The molecule has 0 fully saturated rings. The molecule has 0 aliphatic carbocycles. The van der Waals surface area contributed by atoms with Crippen molar-refractivity contribution in [2.45, 2.75) is 12.8 Å². The molecule has 3 N–H and O–H groups in total. The molecule has 1 amide bonds. The summed E-state index contributed by atoms with van der Waals surface area (Å²) >= 11 is 6.04. The number of nitrogens with one attached hydrogen (secondary N) is 1. The highest BCUT2D eigenvalue weighted by atomic mass is 35.5. The lowest BCUT2D eigenvalue weighted by molar-refractivity contribution is -0.116. The number of phenols is 2. The number of aromatic hydroxyl groups is 2. The van der Waals surface area contributed by atoms with Crippen LogP contribution in [0, 0.1) is 0 Å². The molecule has 0 bridgehead atoms.